The average Bonchev–Trinajstić information content (AvgIpc) is 2.62. The number of ether oxygens (including phenoxy) is 2. The average molecular weight is 378 g/mol. The molecule has 0 aliphatic heterocycles. The number of carbonyl (C=O) groups excluding carboxylic acids is 1. The highest BCUT2D eigenvalue weighted by atomic mass is 35.5. The summed E-state index contributed by atoms with van der Waals surface area (Å²) < 4.78 is 10.3. The number of nitro benzene ring substituents is 1. The van der Waals surface area contributed by atoms with Crippen LogP contribution in [0.4, 0.5) is 5.69 Å². The van der Waals surface area contributed by atoms with E-state index in [-0.39, 0.29) is 23.0 Å². The molecule has 0 aliphatic carbocycles. The first-order valence-corrected chi connectivity index (χ1v) is 7.79. The number of hydrazone groups is 1. The number of hydrogen-bond acceptors (Lipinski definition) is 6. The van der Waals surface area contributed by atoms with Crippen molar-refractivity contribution in [3.8, 4) is 11.5 Å². The van der Waals surface area contributed by atoms with E-state index >= 15 is 0 Å². The highest BCUT2D eigenvalue weighted by molar-refractivity contribution is 6.32. The van der Waals surface area contributed by atoms with E-state index < -0.39 is 4.92 Å². The van der Waals surface area contributed by atoms with Crippen molar-refractivity contribution in [1.82, 2.24) is 5.43 Å². The maximum Gasteiger partial charge on any atom is 0.288 e. The molecule has 0 saturated carbocycles. The zero-order valence-electron chi connectivity index (χ0n) is 14.1. The summed E-state index contributed by atoms with van der Waals surface area (Å²) in [5, 5.41) is 14.7. The van der Waals surface area contributed by atoms with Crippen LogP contribution in [0, 0.1) is 10.1 Å². The third kappa shape index (κ3) is 4.93. The molecule has 2 aromatic rings. The summed E-state index contributed by atoms with van der Waals surface area (Å²) in [6.07, 6.45) is 1.38. The summed E-state index contributed by atoms with van der Waals surface area (Å²) in [6, 6.07) is 9.37. The maximum atomic E-state index is 12.0. The largest absolute Gasteiger partial charge is 0.493 e. The predicted octanol–water partition coefficient (Wildman–Crippen LogP) is 2.96. The summed E-state index contributed by atoms with van der Waals surface area (Å²) in [7, 11) is 3.04. The minimum atomic E-state index is -0.588. The molecule has 0 saturated heterocycles. The van der Waals surface area contributed by atoms with E-state index in [4.69, 9.17) is 21.1 Å². The van der Waals surface area contributed by atoms with Crippen LogP contribution in [0.2, 0.25) is 5.02 Å². The van der Waals surface area contributed by atoms with Gasteiger partial charge in [0.25, 0.3) is 5.69 Å². The molecule has 136 valence electrons. The molecule has 2 aromatic carbocycles. The van der Waals surface area contributed by atoms with Crippen LogP contribution in [-0.4, -0.2) is 31.3 Å². The maximum absolute atomic E-state index is 12.0. The molecule has 0 fully saturated rings. The summed E-state index contributed by atoms with van der Waals surface area (Å²) in [5.74, 6) is 0.741. The number of carbonyl (C=O) groups is 1. The molecule has 8 nitrogen and oxygen atoms in total. The molecule has 2 rings (SSSR count). The molecule has 0 radical (unpaired) electrons. The fourth-order valence-electron chi connectivity index (χ4n) is 2.14. The van der Waals surface area contributed by atoms with Crippen molar-refractivity contribution >= 4 is 29.4 Å². The van der Waals surface area contributed by atoms with Crippen LogP contribution >= 0.6 is 11.6 Å². The number of benzene rings is 2. The highest BCUT2D eigenvalue weighted by Crippen LogP contribution is 2.27. The van der Waals surface area contributed by atoms with Gasteiger partial charge >= 0.3 is 0 Å². The van der Waals surface area contributed by atoms with E-state index in [9.17, 15) is 14.9 Å². The van der Waals surface area contributed by atoms with Gasteiger partial charge < -0.3 is 9.47 Å². The van der Waals surface area contributed by atoms with Gasteiger partial charge in [-0.25, -0.2) is 5.43 Å². The molecular weight excluding hydrogens is 362 g/mol. The minimum Gasteiger partial charge on any atom is -0.493 e. The van der Waals surface area contributed by atoms with Crippen molar-refractivity contribution in [3.63, 3.8) is 0 Å². The Morgan fingerprint density at radius 3 is 2.62 bits per heavy atom. The Bertz CT molecular complexity index is 854. The van der Waals surface area contributed by atoms with Crippen LogP contribution in [0.5, 0.6) is 11.5 Å². The van der Waals surface area contributed by atoms with Crippen LogP contribution in [0.1, 0.15) is 11.1 Å². The summed E-state index contributed by atoms with van der Waals surface area (Å²) >= 11 is 5.74. The second-order valence-corrected chi connectivity index (χ2v) is 5.53. The molecule has 0 atom stereocenters. The first kappa shape index (κ1) is 19.2. The molecule has 26 heavy (non-hydrogen) atoms. The fourth-order valence-corrected chi connectivity index (χ4v) is 2.33. The molecule has 0 heterocycles. The Balaban J connectivity index is 1.99. The topological polar surface area (TPSA) is 103 Å². The lowest BCUT2D eigenvalue weighted by molar-refractivity contribution is -0.384. The van der Waals surface area contributed by atoms with Gasteiger partial charge in [0.1, 0.15) is 5.02 Å². The summed E-state index contributed by atoms with van der Waals surface area (Å²) in [6.45, 7) is 0. The molecule has 0 aromatic heterocycles. The van der Waals surface area contributed by atoms with Crippen LogP contribution in [0.25, 0.3) is 0 Å². The SMILES string of the molecule is COc1ccc(CC(=O)N/N=C\c2ccc(Cl)c([N+](=O)[O-])c2)cc1OC. The lowest BCUT2D eigenvalue weighted by Crippen LogP contribution is -2.19. The zero-order chi connectivity index (χ0) is 19.1. The zero-order valence-corrected chi connectivity index (χ0v) is 14.8. The van der Waals surface area contributed by atoms with E-state index in [1.54, 1.807) is 24.3 Å². The van der Waals surface area contributed by atoms with Gasteiger partial charge in [-0.3, -0.25) is 14.9 Å². The van der Waals surface area contributed by atoms with Gasteiger partial charge in [0.2, 0.25) is 5.91 Å². The highest BCUT2D eigenvalue weighted by Gasteiger charge is 2.12. The summed E-state index contributed by atoms with van der Waals surface area (Å²) in [5.41, 5.74) is 3.29. The first-order chi connectivity index (χ1) is 12.4. The smallest absolute Gasteiger partial charge is 0.288 e. The van der Waals surface area contributed by atoms with Gasteiger partial charge in [0.15, 0.2) is 11.5 Å². The first-order valence-electron chi connectivity index (χ1n) is 7.41. The Kier molecular flexibility index (Phi) is 6.51. The number of hydrogen-bond donors (Lipinski definition) is 1. The summed E-state index contributed by atoms with van der Waals surface area (Å²) in [4.78, 5) is 22.2. The monoisotopic (exact) mass is 377 g/mol. The van der Waals surface area contributed by atoms with Crippen molar-refractivity contribution < 1.29 is 19.2 Å². The molecule has 0 bridgehead atoms. The van der Waals surface area contributed by atoms with Crippen LogP contribution < -0.4 is 14.9 Å². The Labute approximate surface area is 154 Å². The Hall–Kier alpha value is -3.13. The third-order valence-electron chi connectivity index (χ3n) is 3.38. The standard InChI is InChI=1S/C17H16ClN3O5/c1-25-15-6-4-11(8-16(15)26-2)9-17(22)20-19-10-12-3-5-13(18)14(7-12)21(23)24/h3-8,10H,9H2,1-2H3,(H,20,22)/b19-10-. The number of rotatable bonds is 7. The number of nitro groups is 1. The lowest BCUT2D eigenvalue weighted by Gasteiger charge is -2.09. The molecule has 1 N–H and O–H groups in total. The number of halogens is 1. The van der Waals surface area contributed by atoms with Gasteiger partial charge in [-0.15, -0.1) is 0 Å². The number of nitrogens with one attached hydrogen (secondary N) is 1. The van der Waals surface area contributed by atoms with Crippen LogP contribution in [0.15, 0.2) is 41.5 Å². The van der Waals surface area contributed by atoms with Gasteiger partial charge in [-0.1, -0.05) is 23.7 Å². The van der Waals surface area contributed by atoms with Gasteiger partial charge in [0, 0.05) is 11.6 Å². The normalized spacial score (nSPS) is 10.6. The second-order valence-electron chi connectivity index (χ2n) is 5.13. The Morgan fingerprint density at radius 1 is 1.23 bits per heavy atom. The number of amides is 1. The van der Waals surface area contributed by atoms with E-state index in [2.05, 4.69) is 10.5 Å². The fraction of sp³-hybridized carbons (Fsp3) is 0.176. The van der Waals surface area contributed by atoms with Crippen LogP contribution in [0.3, 0.4) is 0 Å². The Morgan fingerprint density at radius 2 is 1.96 bits per heavy atom. The third-order valence-corrected chi connectivity index (χ3v) is 3.70. The molecular formula is C17H16ClN3O5. The van der Waals surface area contributed by atoms with E-state index in [1.807, 2.05) is 0 Å². The quantitative estimate of drug-likeness (QED) is 0.454. The van der Waals surface area contributed by atoms with Gasteiger partial charge in [-0.05, 0) is 23.8 Å². The van der Waals surface area contributed by atoms with E-state index in [0.717, 1.165) is 5.56 Å². The van der Waals surface area contributed by atoms with E-state index in [0.29, 0.717) is 17.1 Å². The van der Waals surface area contributed by atoms with Gasteiger partial charge in [0.05, 0.1) is 31.8 Å². The minimum absolute atomic E-state index is 0.0321. The van der Waals surface area contributed by atoms with Crippen molar-refractivity contribution in [2.45, 2.75) is 6.42 Å². The molecule has 0 unspecified atom stereocenters. The van der Waals surface area contributed by atoms with Crippen LogP contribution in [-0.2, 0) is 11.2 Å². The lowest BCUT2D eigenvalue weighted by atomic mass is 10.1. The molecule has 0 aliphatic rings. The number of nitrogens with zero attached hydrogens (tertiary/aromatic N) is 2. The second kappa shape index (κ2) is 8.82. The molecule has 0 spiro atoms. The number of methoxy groups -OCH3 is 2. The van der Waals surface area contributed by atoms with Gasteiger partial charge in [-0.2, -0.15) is 5.10 Å². The van der Waals surface area contributed by atoms with E-state index in [1.165, 1.54) is 32.6 Å². The van der Waals surface area contributed by atoms with Crippen molar-refractivity contribution in [2.75, 3.05) is 14.2 Å². The van der Waals surface area contributed by atoms with Crippen molar-refractivity contribution in [1.29, 1.82) is 0 Å². The molecule has 1 amide bonds. The van der Waals surface area contributed by atoms with Crippen molar-refractivity contribution in [3.05, 3.63) is 62.7 Å². The molecule has 9 heteroatoms. The van der Waals surface area contributed by atoms with Crippen molar-refractivity contribution in [2.24, 2.45) is 5.10 Å². The predicted molar refractivity (Wildman–Crippen MR) is 97.1 cm³/mol.